The molecule has 5 aliphatic carbocycles. The lowest BCUT2D eigenvalue weighted by atomic mass is 9.34. The number of hydrogen-bond acceptors (Lipinski definition) is 7. The fourth-order valence-corrected chi connectivity index (χ4v) is 10.5. The third kappa shape index (κ3) is 3.26. The Morgan fingerprint density at radius 2 is 1.75 bits per heavy atom. The number of allylic oxidation sites excluding steroid dienone is 4. The van der Waals surface area contributed by atoms with E-state index in [1.54, 1.807) is 0 Å². The molecule has 0 radical (unpaired) electrons. The van der Waals surface area contributed by atoms with Crippen molar-refractivity contribution in [2.45, 2.75) is 105 Å². The molecule has 40 heavy (non-hydrogen) atoms. The monoisotopic (exact) mass is 545 g/mol. The maximum atomic E-state index is 14.6. The zero-order valence-corrected chi connectivity index (χ0v) is 25.1. The number of fused-ring (bicyclic) bond motifs is 7. The first-order valence-corrected chi connectivity index (χ1v) is 15.0. The van der Waals surface area contributed by atoms with Gasteiger partial charge in [-0.3, -0.25) is 9.59 Å². The molecule has 5 aliphatic rings. The lowest BCUT2D eigenvalue weighted by molar-refractivity contribution is -0.160. The summed E-state index contributed by atoms with van der Waals surface area (Å²) >= 11 is 0. The van der Waals surface area contributed by atoms with Crippen LogP contribution in [0.2, 0.25) is 0 Å². The SMILES string of the molecule is CC1(C)CC[C@]2(c3noc(CO)n3)CC[C@]3(C)[C@H](C(=O)C=C4[C@@]5(C)C=C(C#N)C(=O)C(C)(C)[C@@H]5CC[C@]43C)[C@@H]2C1. The molecule has 3 fully saturated rings. The number of rotatable bonds is 2. The number of aromatic nitrogens is 2. The molecule has 1 heterocycles. The molecule has 0 spiro atoms. The molecule has 1 aromatic rings. The predicted octanol–water partition coefficient (Wildman–Crippen LogP) is 6.03. The van der Waals surface area contributed by atoms with Crippen molar-refractivity contribution in [2.75, 3.05) is 0 Å². The maximum Gasteiger partial charge on any atom is 0.252 e. The van der Waals surface area contributed by atoms with Crippen molar-refractivity contribution >= 4 is 11.6 Å². The highest BCUT2D eigenvalue weighted by molar-refractivity contribution is 6.04. The third-order valence-corrected chi connectivity index (χ3v) is 12.9. The minimum atomic E-state index is -0.671. The van der Waals surface area contributed by atoms with Crippen LogP contribution < -0.4 is 0 Å². The van der Waals surface area contributed by atoms with E-state index in [1.165, 1.54) is 0 Å². The highest BCUT2D eigenvalue weighted by Gasteiger charge is 2.70. The van der Waals surface area contributed by atoms with E-state index in [1.807, 2.05) is 26.0 Å². The number of ketones is 2. The second-order valence-electron chi connectivity index (χ2n) is 15.6. The van der Waals surface area contributed by atoms with Crippen LogP contribution in [-0.2, 0) is 21.6 Å². The van der Waals surface area contributed by atoms with Crippen LogP contribution in [0, 0.1) is 56.2 Å². The highest BCUT2D eigenvalue weighted by atomic mass is 16.5. The second kappa shape index (κ2) is 8.25. The molecule has 0 aliphatic heterocycles. The van der Waals surface area contributed by atoms with Gasteiger partial charge in [-0.25, -0.2) is 0 Å². The molecule has 1 aromatic heterocycles. The average molecular weight is 546 g/mol. The Morgan fingerprint density at radius 1 is 1.05 bits per heavy atom. The number of Topliss-reactive ketones (excluding diaryl/α,β-unsaturated/α-hetero) is 1. The summed E-state index contributed by atoms with van der Waals surface area (Å²) in [6.07, 6.45) is 10.2. The first kappa shape index (κ1) is 27.6. The van der Waals surface area contributed by atoms with Gasteiger partial charge < -0.3 is 9.63 Å². The van der Waals surface area contributed by atoms with Gasteiger partial charge in [-0.2, -0.15) is 10.2 Å². The fraction of sp³-hybridized carbons (Fsp3) is 0.727. The lowest BCUT2D eigenvalue weighted by Crippen LogP contribution is -2.65. The van der Waals surface area contributed by atoms with Gasteiger partial charge in [0, 0.05) is 22.2 Å². The van der Waals surface area contributed by atoms with Crippen molar-refractivity contribution in [3.8, 4) is 6.07 Å². The van der Waals surface area contributed by atoms with Crippen molar-refractivity contribution in [2.24, 2.45) is 44.8 Å². The molecule has 214 valence electrons. The fourth-order valence-electron chi connectivity index (χ4n) is 10.5. The first-order valence-electron chi connectivity index (χ1n) is 15.0. The number of aliphatic hydroxyl groups is 1. The minimum Gasteiger partial charge on any atom is -0.387 e. The van der Waals surface area contributed by atoms with Gasteiger partial charge in [0.05, 0.1) is 5.57 Å². The van der Waals surface area contributed by atoms with Crippen LogP contribution in [0.3, 0.4) is 0 Å². The van der Waals surface area contributed by atoms with Crippen LogP contribution in [-0.4, -0.2) is 26.8 Å². The normalized spacial score (nSPS) is 43.3. The van der Waals surface area contributed by atoms with Gasteiger partial charge in [0.15, 0.2) is 17.4 Å². The standard InChI is InChI=1S/C33H43N3O4/c1-28(2)10-12-33(27-35-24(18-37)40-36-27)13-11-32(7)25(20(33)16-28)21(38)14-23-30(5)15-19(17-34)26(39)29(3,4)22(30)8-9-31(23,32)6/h14-15,20,22,25,37H,8-13,16,18H2,1-7H3/t20-,22-,25-,30-,31+,32+,33-/m0/s1. The summed E-state index contributed by atoms with van der Waals surface area (Å²) in [7, 11) is 0. The van der Waals surface area contributed by atoms with Crippen LogP contribution in [0.5, 0.6) is 0 Å². The highest BCUT2D eigenvalue weighted by Crippen LogP contribution is 2.74. The second-order valence-corrected chi connectivity index (χ2v) is 15.6. The zero-order valence-electron chi connectivity index (χ0n) is 25.1. The summed E-state index contributed by atoms with van der Waals surface area (Å²) < 4.78 is 5.41. The van der Waals surface area contributed by atoms with Gasteiger partial charge in [-0.1, -0.05) is 65.3 Å². The van der Waals surface area contributed by atoms with E-state index < -0.39 is 10.8 Å². The van der Waals surface area contributed by atoms with E-state index >= 15 is 0 Å². The van der Waals surface area contributed by atoms with Gasteiger partial charge in [0.2, 0.25) is 0 Å². The summed E-state index contributed by atoms with van der Waals surface area (Å²) in [5.74, 6) is 0.857. The van der Waals surface area contributed by atoms with E-state index in [-0.39, 0.29) is 69.1 Å². The Hall–Kier alpha value is -2.59. The molecule has 0 amide bonds. The molecular weight excluding hydrogens is 502 g/mol. The van der Waals surface area contributed by atoms with E-state index in [2.05, 4.69) is 50.8 Å². The van der Waals surface area contributed by atoms with E-state index in [0.717, 1.165) is 50.5 Å². The van der Waals surface area contributed by atoms with Gasteiger partial charge in [-0.15, -0.1) is 0 Å². The minimum absolute atomic E-state index is 0.0319. The van der Waals surface area contributed by atoms with Crippen LogP contribution in [0.1, 0.15) is 105 Å². The van der Waals surface area contributed by atoms with Crippen LogP contribution in [0.4, 0.5) is 0 Å². The summed E-state index contributed by atoms with van der Waals surface area (Å²) in [6.45, 7) is 15.1. The number of carbonyl (C=O) groups is 2. The van der Waals surface area contributed by atoms with E-state index in [9.17, 15) is 20.0 Å². The van der Waals surface area contributed by atoms with Gasteiger partial charge in [0.25, 0.3) is 5.89 Å². The Kier molecular flexibility index (Phi) is 5.68. The smallest absolute Gasteiger partial charge is 0.252 e. The van der Waals surface area contributed by atoms with E-state index in [0.29, 0.717) is 5.82 Å². The molecule has 1 N–H and O–H groups in total. The molecule has 0 saturated heterocycles. The Bertz CT molecular complexity index is 1410. The molecule has 7 nitrogen and oxygen atoms in total. The summed E-state index contributed by atoms with van der Waals surface area (Å²) in [5.41, 5.74) is -0.699. The number of nitriles is 1. The van der Waals surface area contributed by atoms with Gasteiger partial charge in [0.1, 0.15) is 12.7 Å². The van der Waals surface area contributed by atoms with Gasteiger partial charge in [-0.05, 0) is 79.1 Å². The van der Waals surface area contributed by atoms with Crippen molar-refractivity contribution in [1.82, 2.24) is 10.1 Å². The van der Waals surface area contributed by atoms with Crippen LogP contribution in [0.25, 0.3) is 0 Å². The molecule has 3 saturated carbocycles. The first-order chi connectivity index (χ1) is 18.6. The summed E-state index contributed by atoms with van der Waals surface area (Å²) in [6, 6.07) is 2.19. The molecule has 6 rings (SSSR count). The number of carbonyl (C=O) groups excluding carboxylic acids is 2. The quantitative estimate of drug-likeness (QED) is 0.482. The molecule has 0 unspecified atom stereocenters. The largest absolute Gasteiger partial charge is 0.387 e. The number of aliphatic hydroxyl groups excluding tert-OH is 1. The lowest BCUT2D eigenvalue weighted by Gasteiger charge is -2.69. The van der Waals surface area contributed by atoms with Crippen molar-refractivity contribution in [3.05, 3.63) is 35.0 Å². The van der Waals surface area contributed by atoms with Gasteiger partial charge >= 0.3 is 0 Å². The maximum absolute atomic E-state index is 14.6. The molecule has 7 heteroatoms. The van der Waals surface area contributed by atoms with E-state index in [4.69, 9.17) is 4.52 Å². The molecular formula is C33H43N3O4. The van der Waals surface area contributed by atoms with Crippen molar-refractivity contribution in [3.63, 3.8) is 0 Å². The summed E-state index contributed by atoms with van der Waals surface area (Å²) in [4.78, 5) is 32.5. The zero-order chi connectivity index (χ0) is 29.1. The number of nitrogens with zero attached hydrogens (tertiary/aromatic N) is 3. The molecule has 0 bridgehead atoms. The predicted molar refractivity (Wildman–Crippen MR) is 148 cm³/mol. The van der Waals surface area contributed by atoms with Crippen LogP contribution in [0.15, 0.2) is 27.8 Å². The van der Waals surface area contributed by atoms with Crippen molar-refractivity contribution < 1.29 is 19.2 Å². The average Bonchev–Trinajstić information content (AvgIpc) is 3.37. The number of hydrogen-bond donors (Lipinski definition) is 1. The molecule has 7 atom stereocenters. The van der Waals surface area contributed by atoms with Crippen LogP contribution >= 0.6 is 0 Å². The topological polar surface area (TPSA) is 117 Å². The Balaban J connectivity index is 1.53. The van der Waals surface area contributed by atoms with Crippen molar-refractivity contribution in [1.29, 1.82) is 5.26 Å². The Labute approximate surface area is 237 Å². The molecule has 0 aromatic carbocycles. The Morgan fingerprint density at radius 3 is 2.40 bits per heavy atom. The third-order valence-electron chi connectivity index (χ3n) is 12.9. The summed E-state index contributed by atoms with van der Waals surface area (Å²) in [5, 5.41) is 24.0.